The second kappa shape index (κ2) is 8.01. The first-order chi connectivity index (χ1) is 11.7. The van der Waals surface area contributed by atoms with E-state index in [4.69, 9.17) is 47.0 Å². The van der Waals surface area contributed by atoms with E-state index in [0.717, 1.165) is 5.56 Å². The number of rotatable bonds is 3. The SMILES string of the molecule is Cc1ccc(C(=O)NC(=S)Nc2c(Cl)cc(Cl)cc2C(=O)O)cc1Cl. The van der Waals surface area contributed by atoms with E-state index in [1.54, 1.807) is 12.1 Å². The van der Waals surface area contributed by atoms with Gasteiger partial charge in [0, 0.05) is 15.6 Å². The average molecular weight is 418 g/mol. The topological polar surface area (TPSA) is 78.4 Å². The van der Waals surface area contributed by atoms with Crippen molar-refractivity contribution in [3.05, 3.63) is 62.1 Å². The fourth-order valence-electron chi connectivity index (χ4n) is 1.92. The molecule has 0 radical (unpaired) electrons. The third-order valence-corrected chi connectivity index (χ3v) is 4.31. The fraction of sp³-hybridized carbons (Fsp3) is 0.0625. The summed E-state index contributed by atoms with van der Waals surface area (Å²) in [4.78, 5) is 23.5. The molecule has 9 heteroatoms. The normalized spacial score (nSPS) is 10.2. The maximum absolute atomic E-state index is 12.2. The molecule has 2 aromatic carbocycles. The number of benzene rings is 2. The van der Waals surface area contributed by atoms with E-state index in [9.17, 15) is 14.7 Å². The Morgan fingerprint density at radius 3 is 2.36 bits per heavy atom. The number of carbonyl (C=O) groups is 2. The molecule has 0 heterocycles. The summed E-state index contributed by atoms with van der Waals surface area (Å²) in [7, 11) is 0. The van der Waals surface area contributed by atoms with Crippen molar-refractivity contribution >= 4 is 69.7 Å². The molecule has 0 fully saturated rings. The summed E-state index contributed by atoms with van der Waals surface area (Å²) in [6, 6.07) is 7.39. The van der Waals surface area contributed by atoms with Gasteiger partial charge in [-0.05, 0) is 49.0 Å². The zero-order chi connectivity index (χ0) is 18.7. The second-order valence-corrected chi connectivity index (χ2v) is 6.65. The molecule has 0 aliphatic heterocycles. The van der Waals surface area contributed by atoms with E-state index in [-0.39, 0.29) is 26.4 Å². The molecule has 0 spiro atoms. The summed E-state index contributed by atoms with van der Waals surface area (Å²) in [6.45, 7) is 1.81. The molecule has 0 atom stereocenters. The molecule has 0 aliphatic rings. The molecule has 2 aromatic rings. The van der Waals surface area contributed by atoms with Crippen LogP contribution in [0, 0.1) is 6.92 Å². The number of hydrogen-bond donors (Lipinski definition) is 3. The molecule has 3 N–H and O–H groups in total. The van der Waals surface area contributed by atoms with Gasteiger partial charge in [-0.2, -0.15) is 0 Å². The maximum atomic E-state index is 12.2. The van der Waals surface area contributed by atoms with Crippen LogP contribution in [-0.4, -0.2) is 22.1 Å². The van der Waals surface area contributed by atoms with Gasteiger partial charge in [-0.25, -0.2) is 4.79 Å². The van der Waals surface area contributed by atoms with Gasteiger partial charge in [0.15, 0.2) is 5.11 Å². The van der Waals surface area contributed by atoms with E-state index in [0.29, 0.717) is 10.6 Å². The largest absolute Gasteiger partial charge is 0.478 e. The van der Waals surface area contributed by atoms with Crippen LogP contribution in [-0.2, 0) is 0 Å². The summed E-state index contributed by atoms with van der Waals surface area (Å²) in [5, 5.41) is 14.8. The molecule has 0 aromatic heterocycles. The molecule has 1 amide bonds. The summed E-state index contributed by atoms with van der Waals surface area (Å²) < 4.78 is 0. The third kappa shape index (κ3) is 4.83. The Hall–Kier alpha value is -1.86. The molecule has 0 bridgehead atoms. The van der Waals surface area contributed by atoms with Gasteiger partial charge in [0.1, 0.15) is 0 Å². The molecule has 5 nitrogen and oxygen atoms in total. The number of aromatic carboxylic acids is 1. The summed E-state index contributed by atoms with van der Waals surface area (Å²) >= 11 is 22.9. The van der Waals surface area contributed by atoms with Crippen molar-refractivity contribution < 1.29 is 14.7 Å². The molecule has 0 aliphatic carbocycles. The van der Waals surface area contributed by atoms with Gasteiger partial charge in [0.2, 0.25) is 0 Å². The first-order valence-electron chi connectivity index (χ1n) is 6.80. The molecule has 2 rings (SSSR count). The number of carboxylic acid groups (broad SMARTS) is 1. The fourth-order valence-corrected chi connectivity index (χ4v) is 2.84. The second-order valence-electron chi connectivity index (χ2n) is 4.99. The van der Waals surface area contributed by atoms with Crippen LogP contribution in [0.4, 0.5) is 5.69 Å². The summed E-state index contributed by atoms with van der Waals surface area (Å²) in [5.41, 5.74) is 0.997. The number of carbonyl (C=O) groups excluding carboxylic acids is 1. The van der Waals surface area contributed by atoms with Crippen molar-refractivity contribution in [3.63, 3.8) is 0 Å². The number of carboxylic acids is 1. The molecule has 0 unspecified atom stereocenters. The minimum Gasteiger partial charge on any atom is -0.478 e. The highest BCUT2D eigenvalue weighted by atomic mass is 35.5. The Balaban J connectivity index is 2.19. The van der Waals surface area contributed by atoms with Crippen molar-refractivity contribution in [1.82, 2.24) is 5.32 Å². The van der Waals surface area contributed by atoms with Crippen LogP contribution >= 0.6 is 47.0 Å². The highest BCUT2D eigenvalue weighted by Gasteiger charge is 2.17. The van der Waals surface area contributed by atoms with Crippen molar-refractivity contribution in [2.24, 2.45) is 0 Å². The van der Waals surface area contributed by atoms with Crippen LogP contribution in [0.1, 0.15) is 26.3 Å². The van der Waals surface area contributed by atoms with Crippen LogP contribution in [0.15, 0.2) is 30.3 Å². The van der Waals surface area contributed by atoms with Crippen molar-refractivity contribution in [1.29, 1.82) is 0 Å². The minimum atomic E-state index is -1.24. The van der Waals surface area contributed by atoms with E-state index in [1.165, 1.54) is 18.2 Å². The van der Waals surface area contributed by atoms with Crippen LogP contribution in [0.2, 0.25) is 15.1 Å². The zero-order valence-corrected chi connectivity index (χ0v) is 15.8. The summed E-state index contributed by atoms with van der Waals surface area (Å²) in [6.07, 6.45) is 0. The minimum absolute atomic E-state index is 0.0332. The van der Waals surface area contributed by atoms with Gasteiger partial charge in [0.05, 0.1) is 16.3 Å². The number of halogens is 3. The molecule has 25 heavy (non-hydrogen) atoms. The van der Waals surface area contributed by atoms with Gasteiger partial charge >= 0.3 is 5.97 Å². The van der Waals surface area contributed by atoms with Gasteiger partial charge in [0.25, 0.3) is 5.91 Å². The Morgan fingerprint density at radius 1 is 1.08 bits per heavy atom. The third-order valence-electron chi connectivity index (χ3n) is 3.19. The standard InChI is InChI=1S/C16H11Cl3N2O3S/c1-7-2-3-8(4-11(7)18)14(22)21-16(25)20-13-10(15(23)24)5-9(17)6-12(13)19/h2-6H,1H3,(H,23,24)(H2,20,21,22,25). The van der Waals surface area contributed by atoms with Gasteiger partial charge in [-0.1, -0.05) is 40.9 Å². The number of nitrogens with one attached hydrogen (secondary N) is 2. The Morgan fingerprint density at radius 2 is 1.76 bits per heavy atom. The lowest BCUT2D eigenvalue weighted by Gasteiger charge is -2.14. The zero-order valence-electron chi connectivity index (χ0n) is 12.7. The molecule has 130 valence electrons. The lowest BCUT2D eigenvalue weighted by Crippen LogP contribution is -2.34. The van der Waals surface area contributed by atoms with Gasteiger partial charge in [-0.3, -0.25) is 10.1 Å². The maximum Gasteiger partial charge on any atom is 0.337 e. The van der Waals surface area contributed by atoms with Crippen molar-refractivity contribution in [2.75, 3.05) is 5.32 Å². The first kappa shape index (κ1) is 19.5. The molecular weight excluding hydrogens is 407 g/mol. The van der Waals surface area contributed by atoms with Crippen LogP contribution in [0.3, 0.4) is 0 Å². The van der Waals surface area contributed by atoms with E-state index in [1.807, 2.05) is 6.92 Å². The van der Waals surface area contributed by atoms with Crippen molar-refractivity contribution in [3.8, 4) is 0 Å². The predicted molar refractivity (Wildman–Crippen MR) is 103 cm³/mol. The smallest absolute Gasteiger partial charge is 0.337 e. The van der Waals surface area contributed by atoms with E-state index in [2.05, 4.69) is 10.6 Å². The van der Waals surface area contributed by atoms with Gasteiger partial charge in [-0.15, -0.1) is 0 Å². The molecular formula is C16H11Cl3N2O3S. The Labute approximate surface area is 163 Å². The lowest BCUT2D eigenvalue weighted by molar-refractivity contribution is 0.0697. The van der Waals surface area contributed by atoms with Crippen LogP contribution in [0.25, 0.3) is 0 Å². The van der Waals surface area contributed by atoms with Crippen LogP contribution < -0.4 is 10.6 Å². The highest BCUT2D eigenvalue weighted by Crippen LogP contribution is 2.30. The quantitative estimate of drug-likeness (QED) is 0.626. The number of thiocarbonyl (C=S) groups is 1. The van der Waals surface area contributed by atoms with E-state index < -0.39 is 11.9 Å². The van der Waals surface area contributed by atoms with Crippen LogP contribution in [0.5, 0.6) is 0 Å². The number of aryl methyl sites for hydroxylation is 1. The van der Waals surface area contributed by atoms with Crippen molar-refractivity contribution in [2.45, 2.75) is 6.92 Å². The van der Waals surface area contributed by atoms with E-state index >= 15 is 0 Å². The number of hydrogen-bond acceptors (Lipinski definition) is 3. The molecule has 0 saturated heterocycles. The average Bonchev–Trinajstić information content (AvgIpc) is 2.52. The highest BCUT2D eigenvalue weighted by molar-refractivity contribution is 7.80. The first-order valence-corrected chi connectivity index (χ1v) is 8.34. The lowest BCUT2D eigenvalue weighted by atomic mass is 10.1. The molecule has 0 saturated carbocycles. The predicted octanol–water partition coefficient (Wildman–Crippen LogP) is 4.78. The number of amides is 1. The van der Waals surface area contributed by atoms with Gasteiger partial charge < -0.3 is 10.4 Å². The summed E-state index contributed by atoms with van der Waals surface area (Å²) in [5.74, 6) is -1.74. The number of anilines is 1. The Bertz CT molecular complexity index is 887. The monoisotopic (exact) mass is 416 g/mol. The Kier molecular flexibility index (Phi) is 6.24.